The molecule has 182 valence electrons. The quantitative estimate of drug-likeness (QED) is 0.169. The molecule has 1 N–H and O–H groups in total. The van der Waals surface area contributed by atoms with Crippen molar-refractivity contribution in [1.29, 1.82) is 0 Å². The SMILES string of the molecule is COc1cc(/C=N/n2c(-c3cc4cccc(OC)c4o3)n[nH]c2=S)ccc1OCc1ccc(Br)cc1. The Morgan fingerprint density at radius 2 is 1.83 bits per heavy atom. The number of benzene rings is 3. The van der Waals surface area contributed by atoms with Crippen molar-refractivity contribution in [3.63, 3.8) is 0 Å². The first-order valence-electron chi connectivity index (χ1n) is 10.9. The zero-order valence-electron chi connectivity index (χ0n) is 19.4. The van der Waals surface area contributed by atoms with Gasteiger partial charge in [-0.25, -0.2) is 5.10 Å². The summed E-state index contributed by atoms with van der Waals surface area (Å²) in [5.41, 5.74) is 2.47. The van der Waals surface area contributed by atoms with Gasteiger partial charge in [-0.1, -0.05) is 40.2 Å². The van der Waals surface area contributed by atoms with Crippen molar-refractivity contribution >= 4 is 45.3 Å². The smallest absolute Gasteiger partial charge is 0.219 e. The van der Waals surface area contributed by atoms with E-state index in [1.54, 1.807) is 20.4 Å². The maximum atomic E-state index is 6.02. The highest BCUT2D eigenvalue weighted by Gasteiger charge is 2.16. The number of ether oxygens (including phenoxy) is 3. The average molecular weight is 565 g/mol. The molecule has 0 fully saturated rings. The molecule has 0 atom stereocenters. The Morgan fingerprint density at radius 1 is 1.03 bits per heavy atom. The molecule has 0 aliphatic carbocycles. The zero-order valence-corrected chi connectivity index (χ0v) is 21.8. The molecular formula is C26H21BrN4O4S. The van der Waals surface area contributed by atoms with Gasteiger partial charge in [0, 0.05) is 9.86 Å². The fraction of sp³-hybridized carbons (Fsp3) is 0.115. The fourth-order valence-corrected chi connectivity index (χ4v) is 4.06. The number of nitrogens with zero attached hydrogens (tertiary/aromatic N) is 3. The minimum atomic E-state index is 0.329. The number of para-hydroxylation sites is 1. The number of hydrogen-bond donors (Lipinski definition) is 1. The minimum Gasteiger partial charge on any atom is -0.493 e. The summed E-state index contributed by atoms with van der Waals surface area (Å²) in [5.74, 6) is 2.81. The van der Waals surface area contributed by atoms with E-state index in [9.17, 15) is 0 Å². The predicted molar refractivity (Wildman–Crippen MR) is 144 cm³/mol. The van der Waals surface area contributed by atoms with Gasteiger partial charge in [0.15, 0.2) is 28.6 Å². The summed E-state index contributed by atoms with van der Waals surface area (Å²) in [6.45, 7) is 0.424. The Balaban J connectivity index is 1.39. The number of nitrogens with one attached hydrogen (secondary N) is 1. The number of halogens is 1. The molecular weight excluding hydrogens is 544 g/mol. The van der Waals surface area contributed by atoms with E-state index in [2.05, 4.69) is 31.2 Å². The highest BCUT2D eigenvalue weighted by Crippen LogP contribution is 2.33. The van der Waals surface area contributed by atoms with Crippen molar-refractivity contribution in [2.45, 2.75) is 6.61 Å². The van der Waals surface area contributed by atoms with Crippen molar-refractivity contribution in [3.8, 4) is 28.8 Å². The first-order valence-corrected chi connectivity index (χ1v) is 12.1. The number of hydrogen-bond acceptors (Lipinski definition) is 7. The third kappa shape index (κ3) is 4.91. The number of aromatic nitrogens is 3. The summed E-state index contributed by atoms with van der Waals surface area (Å²) in [5, 5.41) is 12.5. The van der Waals surface area contributed by atoms with Crippen LogP contribution in [0.3, 0.4) is 0 Å². The van der Waals surface area contributed by atoms with Crippen LogP contribution in [0.15, 0.2) is 80.7 Å². The fourth-order valence-electron chi connectivity index (χ4n) is 3.62. The highest BCUT2D eigenvalue weighted by molar-refractivity contribution is 9.10. The standard InChI is InChI=1S/C26H21BrN4O4S/c1-32-21-5-3-4-18-13-23(35-24(18)21)25-29-30-26(36)31(25)28-14-17-8-11-20(22(12-17)33-2)34-15-16-6-9-19(27)10-7-16/h3-14H,15H2,1-2H3,(H,30,36)/b28-14+. The molecule has 0 saturated heterocycles. The molecule has 5 rings (SSSR count). The van der Waals surface area contributed by atoms with Crippen LogP contribution in [0.25, 0.3) is 22.6 Å². The van der Waals surface area contributed by atoms with Crippen LogP contribution in [0.5, 0.6) is 17.2 Å². The molecule has 36 heavy (non-hydrogen) atoms. The van der Waals surface area contributed by atoms with E-state index in [4.69, 9.17) is 30.8 Å². The average Bonchev–Trinajstić information content (AvgIpc) is 3.50. The normalized spacial score (nSPS) is 11.3. The van der Waals surface area contributed by atoms with Gasteiger partial charge in [-0.2, -0.15) is 9.78 Å². The second-order valence-electron chi connectivity index (χ2n) is 7.72. The first kappa shape index (κ1) is 23.8. The summed E-state index contributed by atoms with van der Waals surface area (Å²) < 4.78 is 25.8. The van der Waals surface area contributed by atoms with Crippen LogP contribution in [0.4, 0.5) is 0 Å². The van der Waals surface area contributed by atoms with Crippen LogP contribution < -0.4 is 14.2 Å². The lowest BCUT2D eigenvalue weighted by atomic mass is 10.2. The van der Waals surface area contributed by atoms with Crippen molar-refractivity contribution < 1.29 is 18.6 Å². The Hall–Kier alpha value is -3.89. The zero-order chi connectivity index (χ0) is 25.1. The van der Waals surface area contributed by atoms with E-state index in [-0.39, 0.29) is 0 Å². The van der Waals surface area contributed by atoms with E-state index in [0.29, 0.717) is 45.8 Å². The van der Waals surface area contributed by atoms with E-state index in [1.165, 1.54) is 4.68 Å². The Labute approximate surface area is 220 Å². The predicted octanol–water partition coefficient (Wildman–Crippen LogP) is 6.59. The van der Waals surface area contributed by atoms with Crippen LogP contribution in [0.1, 0.15) is 11.1 Å². The molecule has 0 aliphatic heterocycles. The van der Waals surface area contributed by atoms with E-state index in [1.807, 2.05) is 66.7 Å². The third-order valence-corrected chi connectivity index (χ3v) is 6.21. The van der Waals surface area contributed by atoms with Crippen molar-refractivity contribution in [3.05, 3.63) is 87.1 Å². The van der Waals surface area contributed by atoms with Crippen LogP contribution in [-0.4, -0.2) is 35.3 Å². The molecule has 0 bridgehead atoms. The van der Waals surface area contributed by atoms with Crippen molar-refractivity contribution in [1.82, 2.24) is 14.9 Å². The van der Waals surface area contributed by atoms with Crippen molar-refractivity contribution in [2.24, 2.45) is 5.10 Å². The lowest BCUT2D eigenvalue weighted by Gasteiger charge is -2.11. The Morgan fingerprint density at radius 3 is 2.61 bits per heavy atom. The molecule has 0 unspecified atom stereocenters. The summed E-state index contributed by atoms with van der Waals surface area (Å²) in [7, 11) is 3.20. The van der Waals surface area contributed by atoms with Crippen LogP contribution in [0, 0.1) is 4.77 Å². The summed E-state index contributed by atoms with van der Waals surface area (Å²) in [6.07, 6.45) is 1.67. The van der Waals surface area contributed by atoms with Gasteiger partial charge in [-0.3, -0.25) is 0 Å². The third-order valence-electron chi connectivity index (χ3n) is 5.42. The molecule has 0 spiro atoms. The van der Waals surface area contributed by atoms with Crippen LogP contribution in [0.2, 0.25) is 0 Å². The molecule has 0 radical (unpaired) electrons. The number of aromatic amines is 1. The molecule has 2 heterocycles. The van der Waals surface area contributed by atoms with Gasteiger partial charge in [-0.05, 0) is 65.8 Å². The van der Waals surface area contributed by atoms with Gasteiger partial charge < -0.3 is 18.6 Å². The lowest BCUT2D eigenvalue weighted by Crippen LogP contribution is -1.99. The monoisotopic (exact) mass is 564 g/mol. The van der Waals surface area contributed by atoms with Crippen LogP contribution in [-0.2, 0) is 6.61 Å². The summed E-state index contributed by atoms with van der Waals surface area (Å²) >= 11 is 8.83. The van der Waals surface area contributed by atoms with Gasteiger partial charge in [-0.15, -0.1) is 5.10 Å². The minimum absolute atomic E-state index is 0.329. The van der Waals surface area contributed by atoms with E-state index in [0.717, 1.165) is 21.0 Å². The molecule has 0 amide bonds. The molecule has 5 aromatic rings. The Kier molecular flexibility index (Phi) is 6.88. The summed E-state index contributed by atoms with van der Waals surface area (Å²) in [6, 6.07) is 21.1. The number of furan rings is 1. The molecule has 0 saturated carbocycles. The van der Waals surface area contributed by atoms with Crippen molar-refractivity contribution in [2.75, 3.05) is 14.2 Å². The lowest BCUT2D eigenvalue weighted by molar-refractivity contribution is 0.284. The van der Waals surface area contributed by atoms with E-state index < -0.39 is 0 Å². The number of fused-ring (bicyclic) bond motifs is 1. The van der Waals surface area contributed by atoms with Gasteiger partial charge in [0.2, 0.25) is 10.6 Å². The molecule has 8 nitrogen and oxygen atoms in total. The first-order chi connectivity index (χ1) is 17.6. The van der Waals surface area contributed by atoms with Crippen LogP contribution >= 0.6 is 28.1 Å². The second kappa shape index (κ2) is 10.4. The number of methoxy groups -OCH3 is 2. The number of H-pyrrole nitrogens is 1. The highest BCUT2D eigenvalue weighted by atomic mass is 79.9. The second-order valence-corrected chi connectivity index (χ2v) is 9.03. The van der Waals surface area contributed by atoms with E-state index >= 15 is 0 Å². The molecule has 0 aliphatic rings. The largest absolute Gasteiger partial charge is 0.493 e. The van der Waals surface area contributed by atoms with Gasteiger partial charge >= 0.3 is 0 Å². The Bertz CT molecular complexity index is 1600. The van der Waals surface area contributed by atoms with Gasteiger partial charge in [0.25, 0.3) is 0 Å². The van der Waals surface area contributed by atoms with Gasteiger partial charge in [0.1, 0.15) is 6.61 Å². The topological polar surface area (TPSA) is 86.8 Å². The molecule has 2 aromatic heterocycles. The maximum absolute atomic E-state index is 6.02. The molecule has 10 heteroatoms. The molecule has 3 aromatic carbocycles. The van der Waals surface area contributed by atoms with Gasteiger partial charge in [0.05, 0.1) is 20.4 Å². The number of rotatable bonds is 8. The summed E-state index contributed by atoms with van der Waals surface area (Å²) in [4.78, 5) is 0. The maximum Gasteiger partial charge on any atom is 0.219 e.